The van der Waals surface area contributed by atoms with E-state index in [2.05, 4.69) is 26.6 Å². The molecule has 0 heterocycles. The molecule has 0 saturated heterocycles. The molecule has 132 valence electrons. The van der Waals surface area contributed by atoms with Gasteiger partial charge in [-0.25, -0.2) is 4.79 Å². The van der Waals surface area contributed by atoms with Crippen LogP contribution in [0.15, 0.2) is 33.6 Å². The minimum atomic E-state index is -1.05. The molecule has 2 N–H and O–H groups in total. The van der Waals surface area contributed by atoms with E-state index in [1.54, 1.807) is 20.8 Å². The highest BCUT2D eigenvalue weighted by Gasteiger charge is 2.22. The predicted molar refractivity (Wildman–Crippen MR) is 96.8 cm³/mol. The molecule has 0 radical (unpaired) electrons. The molecule has 0 aliphatic carbocycles. The summed E-state index contributed by atoms with van der Waals surface area (Å²) in [6.07, 6.45) is -1.05. The zero-order valence-electron chi connectivity index (χ0n) is 14.0. The molecule has 24 heavy (non-hydrogen) atoms. The maximum atomic E-state index is 11.8. The molecule has 1 aromatic carbocycles. The van der Waals surface area contributed by atoms with E-state index in [1.165, 1.54) is 18.7 Å². The molecule has 0 aliphatic heterocycles. The molecule has 0 spiro atoms. The molecule has 6 nitrogen and oxygen atoms in total. The summed E-state index contributed by atoms with van der Waals surface area (Å²) in [4.78, 5) is 36.1. The SMILES string of the molecule is C[C@H](OC(=O)CSc1ccc(Br)cc1)C(=O)NC(=O)NC(C)(C)C. The summed E-state index contributed by atoms with van der Waals surface area (Å²) in [5.41, 5.74) is -0.467. The average Bonchev–Trinajstić information content (AvgIpc) is 2.44. The van der Waals surface area contributed by atoms with E-state index in [0.29, 0.717) is 0 Å². The minimum absolute atomic E-state index is 0.0768. The van der Waals surface area contributed by atoms with Crippen LogP contribution in [0.4, 0.5) is 4.79 Å². The fourth-order valence-corrected chi connectivity index (χ4v) is 2.49. The number of imide groups is 1. The van der Waals surface area contributed by atoms with Gasteiger partial charge in [-0.1, -0.05) is 15.9 Å². The van der Waals surface area contributed by atoms with Crippen LogP contribution in [-0.2, 0) is 14.3 Å². The lowest BCUT2D eigenvalue weighted by Crippen LogP contribution is -2.50. The first-order valence-electron chi connectivity index (χ1n) is 7.27. The van der Waals surface area contributed by atoms with Gasteiger partial charge in [0.05, 0.1) is 5.75 Å². The number of thioether (sulfide) groups is 1. The van der Waals surface area contributed by atoms with Crippen molar-refractivity contribution in [1.29, 1.82) is 0 Å². The molecule has 8 heteroatoms. The summed E-state index contributed by atoms with van der Waals surface area (Å²) in [7, 11) is 0. The molecule has 0 unspecified atom stereocenters. The van der Waals surface area contributed by atoms with Crippen molar-refractivity contribution < 1.29 is 19.1 Å². The van der Waals surface area contributed by atoms with Crippen LogP contribution >= 0.6 is 27.7 Å². The van der Waals surface area contributed by atoms with Crippen molar-refractivity contribution in [3.63, 3.8) is 0 Å². The van der Waals surface area contributed by atoms with E-state index in [1.807, 2.05) is 24.3 Å². The number of carbonyl (C=O) groups excluding carboxylic acids is 3. The Morgan fingerprint density at radius 1 is 1.21 bits per heavy atom. The summed E-state index contributed by atoms with van der Waals surface area (Å²) >= 11 is 4.64. The topological polar surface area (TPSA) is 84.5 Å². The molecular formula is C16H21BrN2O4S. The quantitative estimate of drug-likeness (QED) is 0.568. The lowest BCUT2D eigenvalue weighted by atomic mass is 10.1. The van der Waals surface area contributed by atoms with Gasteiger partial charge in [0.1, 0.15) is 0 Å². The molecule has 3 amide bonds. The number of benzene rings is 1. The normalized spacial score (nSPS) is 12.2. The standard InChI is InChI=1S/C16H21BrN2O4S/c1-10(14(21)18-15(22)19-16(2,3)4)23-13(20)9-24-12-7-5-11(17)6-8-12/h5-8,10H,9H2,1-4H3,(H2,18,19,21,22)/t10-/m0/s1. The van der Waals surface area contributed by atoms with Crippen LogP contribution < -0.4 is 10.6 Å². The van der Waals surface area contributed by atoms with Crippen molar-refractivity contribution in [1.82, 2.24) is 10.6 Å². The third-order valence-corrected chi connectivity index (χ3v) is 4.09. The Labute approximate surface area is 154 Å². The number of hydrogen-bond acceptors (Lipinski definition) is 5. The van der Waals surface area contributed by atoms with Gasteiger partial charge in [0, 0.05) is 14.9 Å². The molecule has 0 fully saturated rings. The van der Waals surface area contributed by atoms with Crippen molar-refractivity contribution in [3.8, 4) is 0 Å². The van der Waals surface area contributed by atoms with E-state index < -0.39 is 29.6 Å². The van der Waals surface area contributed by atoms with Crippen molar-refractivity contribution >= 4 is 45.6 Å². The molecule has 0 aliphatic rings. The monoisotopic (exact) mass is 416 g/mol. The Morgan fingerprint density at radius 3 is 2.33 bits per heavy atom. The van der Waals surface area contributed by atoms with Crippen molar-refractivity contribution in [2.75, 3.05) is 5.75 Å². The lowest BCUT2D eigenvalue weighted by molar-refractivity contribution is -0.151. The van der Waals surface area contributed by atoms with Crippen molar-refractivity contribution in [3.05, 3.63) is 28.7 Å². The van der Waals surface area contributed by atoms with Crippen LogP contribution in [0.2, 0.25) is 0 Å². The summed E-state index contributed by atoms with van der Waals surface area (Å²) in [5.74, 6) is -1.12. The van der Waals surface area contributed by atoms with Crippen LogP contribution in [-0.4, -0.2) is 35.3 Å². The van der Waals surface area contributed by atoms with Crippen LogP contribution in [0, 0.1) is 0 Å². The Bertz CT molecular complexity index is 599. The van der Waals surface area contributed by atoms with Gasteiger partial charge in [-0.3, -0.25) is 14.9 Å². The van der Waals surface area contributed by atoms with Gasteiger partial charge >= 0.3 is 12.0 Å². The average molecular weight is 417 g/mol. The van der Waals surface area contributed by atoms with E-state index >= 15 is 0 Å². The molecule has 1 rings (SSSR count). The number of halogens is 1. The van der Waals surface area contributed by atoms with Crippen LogP contribution in [0.3, 0.4) is 0 Å². The molecule has 0 bridgehead atoms. The predicted octanol–water partition coefficient (Wildman–Crippen LogP) is 3.10. The second-order valence-corrected chi connectivity index (χ2v) is 8.03. The number of carbonyl (C=O) groups is 3. The van der Waals surface area contributed by atoms with Crippen LogP contribution in [0.25, 0.3) is 0 Å². The first-order chi connectivity index (χ1) is 11.1. The van der Waals surface area contributed by atoms with Gasteiger partial charge < -0.3 is 10.1 Å². The van der Waals surface area contributed by atoms with Gasteiger partial charge in [0.2, 0.25) is 0 Å². The summed E-state index contributed by atoms with van der Waals surface area (Å²) < 4.78 is 5.98. The summed E-state index contributed by atoms with van der Waals surface area (Å²) in [6, 6.07) is 6.86. The molecule has 1 atom stereocenters. The smallest absolute Gasteiger partial charge is 0.321 e. The first kappa shape index (κ1) is 20.5. The maximum absolute atomic E-state index is 11.8. The number of rotatable bonds is 5. The number of urea groups is 1. The van der Waals surface area contributed by atoms with Gasteiger partial charge in [0.15, 0.2) is 6.10 Å². The molecule has 0 aromatic heterocycles. The number of ether oxygens (including phenoxy) is 1. The van der Waals surface area contributed by atoms with E-state index in [0.717, 1.165) is 9.37 Å². The highest BCUT2D eigenvalue weighted by atomic mass is 79.9. The Hall–Kier alpha value is -1.54. The first-order valence-corrected chi connectivity index (χ1v) is 9.05. The Kier molecular flexibility index (Phi) is 7.75. The van der Waals surface area contributed by atoms with Crippen LogP contribution in [0.1, 0.15) is 27.7 Å². The number of hydrogen-bond donors (Lipinski definition) is 2. The summed E-state index contributed by atoms with van der Waals surface area (Å²) in [6.45, 7) is 6.79. The number of nitrogens with one attached hydrogen (secondary N) is 2. The van der Waals surface area contributed by atoms with E-state index in [4.69, 9.17) is 4.74 Å². The third-order valence-electron chi connectivity index (χ3n) is 2.57. The summed E-state index contributed by atoms with van der Waals surface area (Å²) in [5, 5.41) is 4.73. The Morgan fingerprint density at radius 2 is 1.79 bits per heavy atom. The van der Waals surface area contributed by atoms with Gasteiger partial charge in [-0.05, 0) is 52.0 Å². The van der Waals surface area contributed by atoms with E-state index in [-0.39, 0.29) is 5.75 Å². The molecule has 0 saturated carbocycles. The van der Waals surface area contributed by atoms with E-state index in [9.17, 15) is 14.4 Å². The fraction of sp³-hybridized carbons (Fsp3) is 0.438. The Balaban J connectivity index is 2.38. The highest BCUT2D eigenvalue weighted by molar-refractivity contribution is 9.10. The second-order valence-electron chi connectivity index (χ2n) is 6.07. The highest BCUT2D eigenvalue weighted by Crippen LogP contribution is 2.20. The zero-order valence-corrected chi connectivity index (χ0v) is 16.4. The maximum Gasteiger partial charge on any atom is 0.321 e. The largest absolute Gasteiger partial charge is 0.452 e. The van der Waals surface area contributed by atoms with Gasteiger partial charge in [-0.15, -0.1) is 11.8 Å². The second kappa shape index (κ2) is 9.08. The third kappa shape index (κ3) is 8.35. The zero-order chi connectivity index (χ0) is 18.3. The van der Waals surface area contributed by atoms with Gasteiger partial charge in [0.25, 0.3) is 5.91 Å². The van der Waals surface area contributed by atoms with Gasteiger partial charge in [-0.2, -0.15) is 0 Å². The fourth-order valence-electron chi connectivity index (χ4n) is 1.54. The number of amides is 3. The molecule has 1 aromatic rings. The lowest BCUT2D eigenvalue weighted by Gasteiger charge is -2.21. The minimum Gasteiger partial charge on any atom is -0.452 e. The van der Waals surface area contributed by atoms with Crippen LogP contribution in [0.5, 0.6) is 0 Å². The number of esters is 1. The van der Waals surface area contributed by atoms with Crippen molar-refractivity contribution in [2.24, 2.45) is 0 Å². The molecular weight excluding hydrogens is 396 g/mol. The van der Waals surface area contributed by atoms with Crippen molar-refractivity contribution in [2.45, 2.75) is 44.2 Å².